The van der Waals surface area contributed by atoms with Gasteiger partial charge in [0.15, 0.2) is 0 Å². The molecule has 1 aromatic heterocycles. The minimum absolute atomic E-state index is 0.0424. The lowest BCUT2D eigenvalue weighted by Crippen LogP contribution is -2.25. The summed E-state index contributed by atoms with van der Waals surface area (Å²) in [7, 11) is -3.31. The van der Waals surface area contributed by atoms with Gasteiger partial charge >= 0.3 is 0 Å². The number of benzene rings is 1. The summed E-state index contributed by atoms with van der Waals surface area (Å²) in [4.78, 5) is 7.11. The number of imidazole rings is 1. The normalized spacial score (nSPS) is 11.2. The minimum atomic E-state index is -3.31. The number of aromatic nitrogens is 2. The summed E-state index contributed by atoms with van der Waals surface area (Å²) in [5, 5.41) is 3.20. The number of sulfonamides is 1. The lowest BCUT2D eigenvalue weighted by atomic mass is 10.2. The van der Waals surface area contributed by atoms with Gasteiger partial charge in [0.25, 0.3) is 0 Å². The number of hydrogen-bond donors (Lipinski definition) is 3. The Morgan fingerprint density at radius 3 is 2.67 bits per heavy atom. The minimum Gasteiger partial charge on any atom is -0.378 e. The van der Waals surface area contributed by atoms with Gasteiger partial charge in [-0.25, -0.2) is 18.1 Å². The molecule has 1 aromatic carbocycles. The maximum absolute atomic E-state index is 11.7. The van der Waals surface area contributed by atoms with E-state index in [0.717, 1.165) is 17.1 Å². The smallest absolute Gasteiger partial charge is 0.216 e. The molecule has 21 heavy (non-hydrogen) atoms. The van der Waals surface area contributed by atoms with Crippen LogP contribution >= 0.6 is 0 Å². The number of rotatable bonds is 8. The first-order chi connectivity index (χ1) is 10.1. The summed E-state index contributed by atoms with van der Waals surface area (Å²) < 4.78 is 25.9. The summed E-state index contributed by atoms with van der Waals surface area (Å²) in [6.45, 7) is 4.31. The Morgan fingerprint density at radius 2 is 2.05 bits per heavy atom. The van der Waals surface area contributed by atoms with Crippen LogP contribution in [0, 0.1) is 0 Å². The van der Waals surface area contributed by atoms with E-state index in [1.807, 2.05) is 12.1 Å². The van der Waals surface area contributed by atoms with Crippen LogP contribution in [0.5, 0.6) is 0 Å². The van der Waals surface area contributed by atoms with Gasteiger partial charge < -0.3 is 10.3 Å². The molecule has 7 heteroatoms. The number of aromatic amines is 1. The van der Waals surface area contributed by atoms with Crippen LogP contribution in [0.2, 0.25) is 0 Å². The van der Waals surface area contributed by atoms with E-state index >= 15 is 0 Å². The van der Waals surface area contributed by atoms with Crippen LogP contribution in [-0.4, -0.2) is 24.9 Å². The maximum Gasteiger partial charge on any atom is 0.216 e. The van der Waals surface area contributed by atoms with Crippen molar-refractivity contribution in [2.45, 2.75) is 12.3 Å². The summed E-state index contributed by atoms with van der Waals surface area (Å²) in [5.74, 6) is 0.800. The molecule has 0 aliphatic rings. The monoisotopic (exact) mass is 306 g/mol. The third kappa shape index (κ3) is 5.05. The van der Waals surface area contributed by atoms with Crippen molar-refractivity contribution in [2.24, 2.45) is 0 Å². The Bertz CT molecular complexity index is 664. The van der Waals surface area contributed by atoms with Crippen LogP contribution in [0.25, 0.3) is 0 Å². The molecule has 2 aromatic rings. The summed E-state index contributed by atoms with van der Waals surface area (Å²) in [5.41, 5.74) is 1.64. The molecule has 2 rings (SSSR count). The van der Waals surface area contributed by atoms with Gasteiger partial charge in [-0.15, -0.1) is 6.58 Å². The second-order valence-corrected chi connectivity index (χ2v) is 6.29. The van der Waals surface area contributed by atoms with E-state index < -0.39 is 10.0 Å². The van der Waals surface area contributed by atoms with E-state index in [1.54, 1.807) is 24.5 Å². The highest BCUT2D eigenvalue weighted by molar-refractivity contribution is 7.88. The molecule has 0 aliphatic carbocycles. The molecule has 0 saturated heterocycles. The SMILES string of the molecule is C=CCNS(=O)(=O)Cc1ccc(NCc2ncc[nH]2)cc1. The Morgan fingerprint density at radius 1 is 1.29 bits per heavy atom. The lowest BCUT2D eigenvalue weighted by Gasteiger charge is -2.07. The molecule has 0 bridgehead atoms. The van der Waals surface area contributed by atoms with Crippen LogP contribution < -0.4 is 10.0 Å². The second-order valence-electron chi connectivity index (χ2n) is 4.48. The van der Waals surface area contributed by atoms with E-state index in [1.165, 1.54) is 6.08 Å². The molecule has 0 spiro atoms. The molecule has 0 radical (unpaired) electrons. The standard InChI is InChI=1S/C14H18N4O2S/c1-2-7-18-21(19,20)11-12-3-5-13(6-4-12)17-10-14-15-8-9-16-14/h2-6,8-9,17-18H,1,7,10-11H2,(H,15,16). The fraction of sp³-hybridized carbons (Fsp3) is 0.214. The zero-order chi connectivity index (χ0) is 15.1. The average Bonchev–Trinajstić information content (AvgIpc) is 2.97. The van der Waals surface area contributed by atoms with Gasteiger partial charge in [0.2, 0.25) is 10.0 Å². The van der Waals surface area contributed by atoms with Gasteiger partial charge in [-0.1, -0.05) is 18.2 Å². The summed E-state index contributed by atoms with van der Waals surface area (Å²) in [6, 6.07) is 7.28. The first-order valence-electron chi connectivity index (χ1n) is 6.48. The number of nitrogens with zero attached hydrogens (tertiary/aromatic N) is 1. The molecular formula is C14H18N4O2S. The van der Waals surface area contributed by atoms with Crippen molar-refractivity contribution in [2.75, 3.05) is 11.9 Å². The van der Waals surface area contributed by atoms with Crippen LogP contribution in [-0.2, 0) is 22.3 Å². The van der Waals surface area contributed by atoms with Crippen molar-refractivity contribution in [1.82, 2.24) is 14.7 Å². The first-order valence-corrected chi connectivity index (χ1v) is 8.13. The van der Waals surface area contributed by atoms with Crippen molar-refractivity contribution < 1.29 is 8.42 Å². The highest BCUT2D eigenvalue weighted by Gasteiger charge is 2.09. The zero-order valence-corrected chi connectivity index (χ0v) is 12.4. The van der Waals surface area contributed by atoms with Crippen LogP contribution in [0.1, 0.15) is 11.4 Å². The highest BCUT2D eigenvalue weighted by Crippen LogP contribution is 2.12. The van der Waals surface area contributed by atoms with Crippen molar-refractivity contribution in [1.29, 1.82) is 0 Å². The third-order valence-electron chi connectivity index (χ3n) is 2.77. The molecule has 6 nitrogen and oxygen atoms in total. The molecule has 0 aliphatic heterocycles. The van der Waals surface area contributed by atoms with Crippen molar-refractivity contribution >= 4 is 15.7 Å². The van der Waals surface area contributed by atoms with E-state index in [2.05, 4.69) is 26.6 Å². The quantitative estimate of drug-likeness (QED) is 0.647. The van der Waals surface area contributed by atoms with Gasteiger partial charge in [0.05, 0.1) is 12.3 Å². The van der Waals surface area contributed by atoms with Crippen LogP contribution in [0.3, 0.4) is 0 Å². The maximum atomic E-state index is 11.7. The summed E-state index contributed by atoms with van der Waals surface area (Å²) >= 11 is 0. The van der Waals surface area contributed by atoms with Gasteiger partial charge in [-0.3, -0.25) is 0 Å². The molecule has 0 fully saturated rings. The molecular weight excluding hydrogens is 288 g/mol. The number of nitrogens with one attached hydrogen (secondary N) is 3. The van der Waals surface area contributed by atoms with Crippen molar-refractivity contribution in [3.63, 3.8) is 0 Å². The Labute approximate surface area is 124 Å². The fourth-order valence-corrected chi connectivity index (χ4v) is 2.86. The number of H-pyrrole nitrogens is 1. The van der Waals surface area contributed by atoms with Gasteiger partial charge in [0.1, 0.15) is 5.82 Å². The van der Waals surface area contributed by atoms with E-state index in [9.17, 15) is 8.42 Å². The second kappa shape index (κ2) is 7.05. The molecule has 0 amide bonds. The van der Waals surface area contributed by atoms with Gasteiger partial charge in [-0.2, -0.15) is 0 Å². The van der Waals surface area contributed by atoms with E-state index in [-0.39, 0.29) is 12.3 Å². The molecule has 0 unspecified atom stereocenters. The first kappa shape index (κ1) is 15.3. The predicted molar refractivity (Wildman–Crippen MR) is 83.2 cm³/mol. The van der Waals surface area contributed by atoms with Gasteiger partial charge in [0, 0.05) is 24.6 Å². The Kier molecular flexibility index (Phi) is 5.13. The van der Waals surface area contributed by atoms with Gasteiger partial charge in [-0.05, 0) is 17.7 Å². The zero-order valence-electron chi connectivity index (χ0n) is 11.5. The van der Waals surface area contributed by atoms with Crippen LogP contribution in [0.15, 0.2) is 49.3 Å². The molecule has 112 valence electrons. The fourth-order valence-electron chi connectivity index (χ4n) is 1.76. The van der Waals surface area contributed by atoms with E-state index in [4.69, 9.17) is 0 Å². The predicted octanol–water partition coefficient (Wildman–Crippen LogP) is 1.63. The van der Waals surface area contributed by atoms with Crippen LogP contribution in [0.4, 0.5) is 5.69 Å². The Hall–Kier alpha value is -2.12. The topological polar surface area (TPSA) is 86.9 Å². The highest BCUT2D eigenvalue weighted by atomic mass is 32.2. The number of hydrogen-bond acceptors (Lipinski definition) is 4. The average molecular weight is 306 g/mol. The molecule has 0 saturated carbocycles. The van der Waals surface area contributed by atoms with Crippen molar-refractivity contribution in [3.8, 4) is 0 Å². The van der Waals surface area contributed by atoms with E-state index in [0.29, 0.717) is 6.54 Å². The molecule has 1 heterocycles. The summed E-state index contributed by atoms with van der Waals surface area (Å²) in [6.07, 6.45) is 4.97. The molecule has 3 N–H and O–H groups in total. The lowest BCUT2D eigenvalue weighted by molar-refractivity contribution is 0.585. The third-order valence-corrected chi connectivity index (χ3v) is 4.09. The largest absolute Gasteiger partial charge is 0.378 e. The Balaban J connectivity index is 1.91. The van der Waals surface area contributed by atoms with Crippen molar-refractivity contribution in [3.05, 3.63) is 60.7 Å². The molecule has 0 atom stereocenters. The number of anilines is 1.